The molecule has 0 heteroatoms. The standard InChI is InChI=1S/C20H26/c1-14(2)11-16-5-3-7-19-18(16)6-4-10-20(19)13-15-8-9-17(20)12-15/h3,5,7-8,14,17H,4,6,9-13H2,1-2H3. The van der Waals surface area contributed by atoms with Crippen LogP contribution in [0.5, 0.6) is 0 Å². The Hall–Kier alpha value is -1.04. The molecule has 3 aliphatic rings. The van der Waals surface area contributed by atoms with Crippen molar-refractivity contribution in [2.75, 3.05) is 0 Å². The summed E-state index contributed by atoms with van der Waals surface area (Å²) in [5, 5.41) is 0. The van der Waals surface area contributed by atoms with Crippen molar-refractivity contribution < 1.29 is 0 Å². The number of hydrogen-bond donors (Lipinski definition) is 0. The van der Waals surface area contributed by atoms with Crippen molar-refractivity contribution in [1.29, 1.82) is 0 Å². The van der Waals surface area contributed by atoms with Crippen molar-refractivity contribution in [3.05, 3.63) is 46.5 Å². The highest BCUT2D eigenvalue weighted by atomic mass is 14.5. The Morgan fingerprint density at radius 3 is 2.90 bits per heavy atom. The second kappa shape index (κ2) is 4.48. The third kappa shape index (κ3) is 1.73. The fourth-order valence-electron chi connectivity index (χ4n) is 5.26. The van der Waals surface area contributed by atoms with E-state index in [0.717, 1.165) is 11.8 Å². The van der Waals surface area contributed by atoms with Gasteiger partial charge in [-0.05, 0) is 73.5 Å². The van der Waals surface area contributed by atoms with Gasteiger partial charge in [0.05, 0.1) is 0 Å². The Morgan fingerprint density at radius 1 is 1.30 bits per heavy atom. The van der Waals surface area contributed by atoms with Crippen LogP contribution in [0.15, 0.2) is 29.8 Å². The minimum atomic E-state index is 0.532. The van der Waals surface area contributed by atoms with E-state index in [4.69, 9.17) is 0 Å². The Kier molecular flexibility index (Phi) is 2.84. The highest BCUT2D eigenvalue weighted by molar-refractivity contribution is 5.47. The van der Waals surface area contributed by atoms with Gasteiger partial charge in [-0.2, -0.15) is 0 Å². The molecule has 0 radical (unpaired) electrons. The Balaban J connectivity index is 1.81. The molecule has 2 bridgehead atoms. The van der Waals surface area contributed by atoms with E-state index in [9.17, 15) is 0 Å². The average molecular weight is 266 g/mol. The Labute approximate surface area is 123 Å². The fourth-order valence-corrected chi connectivity index (χ4v) is 5.26. The maximum atomic E-state index is 2.53. The van der Waals surface area contributed by atoms with Gasteiger partial charge in [0, 0.05) is 5.41 Å². The molecule has 0 heterocycles. The van der Waals surface area contributed by atoms with Crippen LogP contribution in [0.3, 0.4) is 0 Å². The lowest BCUT2D eigenvalue weighted by Crippen LogP contribution is -2.35. The average Bonchev–Trinajstić information content (AvgIpc) is 3.00. The van der Waals surface area contributed by atoms with Crippen molar-refractivity contribution in [3.63, 3.8) is 0 Å². The number of benzene rings is 1. The van der Waals surface area contributed by atoms with Gasteiger partial charge in [-0.15, -0.1) is 0 Å². The van der Waals surface area contributed by atoms with E-state index in [-0.39, 0.29) is 0 Å². The van der Waals surface area contributed by atoms with Crippen molar-refractivity contribution in [2.24, 2.45) is 11.8 Å². The molecule has 20 heavy (non-hydrogen) atoms. The van der Waals surface area contributed by atoms with Gasteiger partial charge in [-0.1, -0.05) is 43.7 Å². The fraction of sp³-hybridized carbons (Fsp3) is 0.600. The van der Waals surface area contributed by atoms with Crippen LogP contribution in [-0.2, 0) is 18.3 Å². The molecule has 0 nitrogen and oxygen atoms in total. The molecule has 1 spiro atoms. The van der Waals surface area contributed by atoms with Crippen molar-refractivity contribution in [1.82, 2.24) is 0 Å². The largest absolute Gasteiger partial charge is 0.0850 e. The molecular weight excluding hydrogens is 240 g/mol. The normalized spacial score (nSPS) is 30.9. The summed E-state index contributed by atoms with van der Waals surface area (Å²) in [7, 11) is 0. The van der Waals surface area contributed by atoms with Crippen LogP contribution in [0.4, 0.5) is 0 Å². The van der Waals surface area contributed by atoms with E-state index >= 15 is 0 Å². The molecule has 4 rings (SSSR count). The van der Waals surface area contributed by atoms with Crippen LogP contribution in [0.25, 0.3) is 0 Å². The van der Waals surface area contributed by atoms with Crippen LogP contribution in [0.2, 0.25) is 0 Å². The highest BCUT2D eigenvalue weighted by Gasteiger charge is 2.50. The topological polar surface area (TPSA) is 0 Å². The number of rotatable bonds is 2. The third-order valence-corrected chi connectivity index (χ3v) is 6.01. The van der Waals surface area contributed by atoms with Crippen LogP contribution in [-0.4, -0.2) is 0 Å². The van der Waals surface area contributed by atoms with E-state index in [1.54, 1.807) is 22.3 Å². The minimum Gasteiger partial charge on any atom is -0.0850 e. The summed E-state index contributed by atoms with van der Waals surface area (Å²) in [6.45, 7) is 4.70. The molecule has 0 saturated heterocycles. The summed E-state index contributed by atoms with van der Waals surface area (Å²) >= 11 is 0. The summed E-state index contributed by atoms with van der Waals surface area (Å²) in [6, 6.07) is 7.20. The molecule has 0 aliphatic heterocycles. The van der Waals surface area contributed by atoms with E-state index in [0.29, 0.717) is 5.41 Å². The first kappa shape index (κ1) is 12.7. The first-order valence-electron chi connectivity index (χ1n) is 8.48. The van der Waals surface area contributed by atoms with Crippen LogP contribution in [0.1, 0.15) is 62.6 Å². The van der Waals surface area contributed by atoms with Gasteiger partial charge in [-0.3, -0.25) is 0 Å². The Bertz CT molecular complexity index is 563. The van der Waals surface area contributed by atoms with Gasteiger partial charge in [0.15, 0.2) is 0 Å². The molecule has 106 valence electrons. The summed E-state index contributed by atoms with van der Waals surface area (Å²) in [6.07, 6.45) is 12.1. The predicted octanol–water partition coefficient (Wildman–Crippen LogP) is 5.20. The molecule has 0 N–H and O–H groups in total. The minimum absolute atomic E-state index is 0.532. The zero-order valence-corrected chi connectivity index (χ0v) is 12.9. The molecular formula is C20H26. The summed E-state index contributed by atoms with van der Waals surface area (Å²) in [5.41, 5.74) is 7.42. The van der Waals surface area contributed by atoms with Crippen molar-refractivity contribution >= 4 is 0 Å². The first-order chi connectivity index (χ1) is 9.69. The lowest BCUT2D eigenvalue weighted by Gasteiger charge is -2.42. The molecule has 1 fully saturated rings. The monoisotopic (exact) mass is 266 g/mol. The zero-order chi connectivity index (χ0) is 13.7. The number of fused-ring (bicyclic) bond motifs is 5. The number of allylic oxidation sites excluding steroid dienone is 2. The van der Waals surface area contributed by atoms with E-state index in [1.165, 1.54) is 44.9 Å². The van der Waals surface area contributed by atoms with E-state index in [1.807, 2.05) is 0 Å². The van der Waals surface area contributed by atoms with Crippen LogP contribution >= 0.6 is 0 Å². The van der Waals surface area contributed by atoms with E-state index in [2.05, 4.69) is 38.1 Å². The lowest BCUT2D eigenvalue weighted by atomic mass is 9.62. The maximum absolute atomic E-state index is 2.53. The molecule has 2 atom stereocenters. The lowest BCUT2D eigenvalue weighted by molar-refractivity contribution is 0.269. The van der Waals surface area contributed by atoms with Crippen LogP contribution in [0, 0.1) is 11.8 Å². The van der Waals surface area contributed by atoms with Crippen LogP contribution < -0.4 is 0 Å². The highest BCUT2D eigenvalue weighted by Crippen LogP contribution is 2.58. The van der Waals surface area contributed by atoms with E-state index < -0.39 is 0 Å². The Morgan fingerprint density at radius 2 is 2.20 bits per heavy atom. The van der Waals surface area contributed by atoms with Gasteiger partial charge in [-0.25, -0.2) is 0 Å². The van der Waals surface area contributed by atoms with Gasteiger partial charge >= 0.3 is 0 Å². The quantitative estimate of drug-likeness (QED) is 0.645. The zero-order valence-electron chi connectivity index (χ0n) is 12.9. The number of hydrogen-bond acceptors (Lipinski definition) is 0. The van der Waals surface area contributed by atoms with Gasteiger partial charge in [0.1, 0.15) is 0 Å². The van der Waals surface area contributed by atoms with Gasteiger partial charge in [0.25, 0.3) is 0 Å². The maximum Gasteiger partial charge on any atom is 0.00273 e. The summed E-state index contributed by atoms with van der Waals surface area (Å²) < 4.78 is 0. The molecule has 0 aromatic heterocycles. The molecule has 1 saturated carbocycles. The SMILES string of the molecule is CC(C)Cc1cccc2c1CCCC21CC2=CCC1C2. The second-order valence-electron chi connectivity index (χ2n) is 7.73. The summed E-state index contributed by atoms with van der Waals surface area (Å²) in [5.74, 6) is 1.69. The van der Waals surface area contributed by atoms with Crippen molar-refractivity contribution in [2.45, 2.75) is 64.2 Å². The summed E-state index contributed by atoms with van der Waals surface area (Å²) in [4.78, 5) is 0. The second-order valence-corrected chi connectivity index (χ2v) is 7.73. The predicted molar refractivity (Wildman–Crippen MR) is 85.0 cm³/mol. The molecule has 1 aromatic rings. The first-order valence-corrected chi connectivity index (χ1v) is 8.48. The van der Waals surface area contributed by atoms with Crippen molar-refractivity contribution in [3.8, 4) is 0 Å². The smallest absolute Gasteiger partial charge is 0.00273 e. The molecule has 2 unspecified atom stereocenters. The molecule has 1 aromatic carbocycles. The van der Waals surface area contributed by atoms with Gasteiger partial charge in [0.2, 0.25) is 0 Å². The third-order valence-electron chi connectivity index (χ3n) is 6.01. The molecule has 0 amide bonds. The van der Waals surface area contributed by atoms with Gasteiger partial charge < -0.3 is 0 Å². The molecule has 3 aliphatic carbocycles.